The van der Waals surface area contributed by atoms with Crippen molar-refractivity contribution in [3.05, 3.63) is 70.8 Å². The van der Waals surface area contributed by atoms with Crippen LogP contribution in [-0.4, -0.2) is 24.7 Å². The van der Waals surface area contributed by atoms with Gasteiger partial charge >= 0.3 is 0 Å². The third-order valence-corrected chi connectivity index (χ3v) is 11.5. The molecule has 7 aliphatic rings. The van der Waals surface area contributed by atoms with E-state index in [-0.39, 0.29) is 66.4 Å². The molecule has 2 aliphatic carbocycles. The summed E-state index contributed by atoms with van der Waals surface area (Å²) in [6, 6.07) is 18.0. The van der Waals surface area contributed by atoms with Crippen LogP contribution in [0.15, 0.2) is 48.5 Å². The van der Waals surface area contributed by atoms with Gasteiger partial charge in [-0.3, -0.25) is 42.5 Å². The zero-order valence-electron chi connectivity index (χ0n) is 23.5. The Morgan fingerprint density at radius 2 is 0.634 bits per heavy atom. The molecular weight excluding hydrogens is 560 g/mol. The summed E-state index contributed by atoms with van der Waals surface area (Å²) in [5.74, 6) is 2.53. The monoisotopic (exact) mass is 603 g/mol. The molecule has 5 fully saturated rings. The zero-order valence-corrected chi connectivity index (χ0v) is 24.4. The second-order valence-electron chi connectivity index (χ2n) is 13.5. The molecule has 0 aromatic heterocycles. The Kier molecular flexibility index (Phi) is 7.28. The smallest absolute Gasteiger partial charge is 0.0865 e. The fourth-order valence-corrected chi connectivity index (χ4v) is 9.64. The van der Waals surface area contributed by atoms with Gasteiger partial charge in [0, 0.05) is 17.1 Å². The molecule has 1 radical (unpaired) electrons. The zero-order chi connectivity index (χ0) is 26.2. The third-order valence-electron chi connectivity index (χ3n) is 11.5. The first-order valence-electron chi connectivity index (χ1n) is 16.1. The standard InChI is InChI=1S/C32H44N8.Cu/c1-2-10-18-17(9-1)25-33-26(18)38-28-21-13-5-6-14-22(21)30(35-28)40-32-24-16-8-7-15-23(24)31(36-32)39-29-20-12-4-3-11-19(20)27(34-29)37-25;/h1-2,7-10,15-16,19-22,25-40H,3-6,11-14H2;. The molecule has 41 heavy (non-hydrogen) atoms. The predicted octanol–water partition coefficient (Wildman–Crippen LogP) is 3.08. The molecule has 12 atom stereocenters. The summed E-state index contributed by atoms with van der Waals surface area (Å²) in [5, 5.41) is 32.4. The van der Waals surface area contributed by atoms with Gasteiger partial charge in [0.15, 0.2) is 0 Å². The van der Waals surface area contributed by atoms with Crippen LogP contribution in [0.1, 0.15) is 98.3 Å². The molecule has 9 rings (SSSR count). The van der Waals surface area contributed by atoms with Gasteiger partial charge < -0.3 is 0 Å². The molecule has 3 saturated heterocycles. The van der Waals surface area contributed by atoms with Crippen LogP contribution >= 0.6 is 0 Å². The number of benzene rings is 2. The number of rotatable bonds is 0. The summed E-state index contributed by atoms with van der Waals surface area (Å²) in [5.41, 5.74) is 5.55. The maximum Gasteiger partial charge on any atom is 0.0865 e. The van der Waals surface area contributed by atoms with Gasteiger partial charge in [-0.2, -0.15) is 0 Å². The van der Waals surface area contributed by atoms with Gasteiger partial charge in [0.05, 0.1) is 49.3 Å². The molecule has 5 aliphatic heterocycles. The molecule has 8 nitrogen and oxygen atoms in total. The molecule has 8 N–H and O–H groups in total. The minimum atomic E-state index is 0. The number of nitrogens with one attached hydrogen (secondary N) is 8. The van der Waals surface area contributed by atoms with Crippen molar-refractivity contribution in [1.29, 1.82) is 0 Å². The summed E-state index contributed by atoms with van der Waals surface area (Å²) in [4.78, 5) is 0. The molecule has 8 bridgehead atoms. The van der Waals surface area contributed by atoms with Crippen molar-refractivity contribution in [2.24, 2.45) is 23.7 Å². The van der Waals surface area contributed by atoms with E-state index < -0.39 is 0 Å². The van der Waals surface area contributed by atoms with Crippen LogP contribution in [0.5, 0.6) is 0 Å². The van der Waals surface area contributed by atoms with Gasteiger partial charge in [-0.25, -0.2) is 0 Å². The molecular formula is C32H44CuN8. The molecule has 223 valence electrons. The summed E-state index contributed by atoms with van der Waals surface area (Å²) >= 11 is 0. The molecule has 0 amide bonds. The second kappa shape index (κ2) is 11.0. The average molecular weight is 604 g/mol. The summed E-state index contributed by atoms with van der Waals surface area (Å²) in [6.45, 7) is 0. The van der Waals surface area contributed by atoms with E-state index in [0.717, 1.165) is 0 Å². The topological polar surface area (TPSA) is 96.2 Å². The summed E-state index contributed by atoms with van der Waals surface area (Å²) in [7, 11) is 0. The Bertz CT molecular complexity index is 1070. The summed E-state index contributed by atoms with van der Waals surface area (Å²) in [6.07, 6.45) is 12.1. The normalized spacial score (nSPS) is 44.3. The maximum atomic E-state index is 4.08. The van der Waals surface area contributed by atoms with Crippen LogP contribution in [-0.2, 0) is 17.1 Å². The van der Waals surface area contributed by atoms with E-state index in [1.54, 1.807) is 0 Å². The van der Waals surface area contributed by atoms with Crippen LogP contribution in [0.3, 0.4) is 0 Å². The van der Waals surface area contributed by atoms with Crippen LogP contribution in [0.4, 0.5) is 0 Å². The Hall–Kier alpha value is -1.36. The Labute approximate surface area is 254 Å². The van der Waals surface area contributed by atoms with Crippen molar-refractivity contribution in [1.82, 2.24) is 42.5 Å². The van der Waals surface area contributed by atoms with Crippen LogP contribution in [0.25, 0.3) is 0 Å². The SMILES string of the molecule is [Cu].c1ccc2c(c1)C1NC2NC2NC(NC3NC(NC4NC(N1)C1CCCCC41)c1ccccc13)C1CCCCC21. The van der Waals surface area contributed by atoms with Crippen LogP contribution in [0.2, 0.25) is 0 Å². The molecule has 0 spiro atoms. The fraction of sp³-hybridized carbons (Fsp3) is 0.625. The third kappa shape index (κ3) is 4.56. The average Bonchev–Trinajstić information content (AvgIpc) is 3.73. The molecule has 2 aromatic rings. The largest absolute Gasteiger partial charge is 0.286 e. The Morgan fingerprint density at radius 3 is 0.902 bits per heavy atom. The van der Waals surface area contributed by atoms with Gasteiger partial charge in [-0.05, 0) is 71.6 Å². The van der Waals surface area contributed by atoms with Gasteiger partial charge in [0.25, 0.3) is 0 Å². The van der Waals surface area contributed by atoms with Gasteiger partial charge in [-0.1, -0.05) is 74.2 Å². The number of hydrogen-bond donors (Lipinski definition) is 8. The predicted molar refractivity (Wildman–Crippen MR) is 155 cm³/mol. The van der Waals surface area contributed by atoms with Crippen molar-refractivity contribution in [2.75, 3.05) is 0 Å². The quantitative estimate of drug-likeness (QED) is 0.218. The van der Waals surface area contributed by atoms with Crippen LogP contribution < -0.4 is 42.5 Å². The van der Waals surface area contributed by atoms with E-state index in [2.05, 4.69) is 91.1 Å². The van der Waals surface area contributed by atoms with E-state index >= 15 is 0 Å². The minimum absolute atomic E-state index is 0. The van der Waals surface area contributed by atoms with Crippen molar-refractivity contribution in [3.8, 4) is 0 Å². The molecule has 9 heteroatoms. The van der Waals surface area contributed by atoms with Gasteiger partial charge in [0.1, 0.15) is 0 Å². The van der Waals surface area contributed by atoms with Crippen molar-refractivity contribution >= 4 is 0 Å². The van der Waals surface area contributed by atoms with E-state index in [1.807, 2.05) is 0 Å². The second-order valence-corrected chi connectivity index (χ2v) is 13.5. The van der Waals surface area contributed by atoms with Crippen molar-refractivity contribution in [3.63, 3.8) is 0 Å². The number of hydrogen-bond acceptors (Lipinski definition) is 8. The van der Waals surface area contributed by atoms with E-state index in [9.17, 15) is 0 Å². The molecule has 12 unspecified atom stereocenters. The first-order valence-corrected chi connectivity index (χ1v) is 16.1. The van der Waals surface area contributed by atoms with E-state index in [4.69, 9.17) is 0 Å². The summed E-state index contributed by atoms with van der Waals surface area (Å²) < 4.78 is 0. The first kappa shape index (κ1) is 27.2. The van der Waals surface area contributed by atoms with Gasteiger partial charge in [0.2, 0.25) is 0 Å². The first-order chi connectivity index (χ1) is 19.8. The van der Waals surface area contributed by atoms with Crippen molar-refractivity contribution < 1.29 is 17.1 Å². The minimum Gasteiger partial charge on any atom is -0.286 e. The fourth-order valence-electron chi connectivity index (χ4n) is 9.64. The number of fused-ring (bicyclic) bond motifs is 20. The molecule has 5 heterocycles. The van der Waals surface area contributed by atoms with Gasteiger partial charge in [-0.15, -0.1) is 0 Å². The molecule has 2 saturated carbocycles. The Balaban J connectivity index is 0.00000256. The van der Waals surface area contributed by atoms with E-state index in [0.29, 0.717) is 23.7 Å². The van der Waals surface area contributed by atoms with E-state index in [1.165, 1.54) is 73.6 Å². The van der Waals surface area contributed by atoms with Crippen LogP contribution in [0, 0.1) is 23.7 Å². The van der Waals surface area contributed by atoms with Crippen molar-refractivity contribution in [2.45, 2.75) is 101 Å². The Morgan fingerprint density at radius 1 is 0.366 bits per heavy atom. The molecule has 2 aromatic carbocycles. The maximum absolute atomic E-state index is 4.08.